The van der Waals surface area contributed by atoms with Gasteiger partial charge in [-0.1, -0.05) is 89.7 Å². The van der Waals surface area contributed by atoms with Crippen molar-refractivity contribution in [2.24, 2.45) is 0 Å². The van der Waals surface area contributed by atoms with E-state index in [1.165, 1.54) is 89.9 Å². The number of allylic oxidation sites excluding steroid dienone is 2. The minimum absolute atomic E-state index is 0.1000. The molecule has 0 radical (unpaired) electrons. The van der Waals surface area contributed by atoms with Crippen LogP contribution in [-0.2, 0) is 9.47 Å². The Bertz CT molecular complexity index is 415. The van der Waals surface area contributed by atoms with E-state index in [0.717, 1.165) is 12.8 Å². The molecule has 0 amide bonds. The lowest BCUT2D eigenvalue weighted by atomic mass is 10.0. The maximum absolute atomic E-state index is 10.1. The van der Waals surface area contributed by atoms with E-state index in [0.29, 0.717) is 6.61 Å². The molecule has 1 heterocycles. The van der Waals surface area contributed by atoms with Crippen molar-refractivity contribution in [1.29, 1.82) is 0 Å². The summed E-state index contributed by atoms with van der Waals surface area (Å²) >= 11 is 0. The summed E-state index contributed by atoms with van der Waals surface area (Å²) in [7, 11) is 0. The van der Waals surface area contributed by atoms with Crippen LogP contribution in [0, 0.1) is 0 Å². The van der Waals surface area contributed by atoms with Crippen LogP contribution >= 0.6 is 0 Å². The fourth-order valence-corrected chi connectivity index (χ4v) is 4.15. The molecule has 0 aromatic carbocycles. The van der Waals surface area contributed by atoms with E-state index < -0.39 is 24.4 Å². The van der Waals surface area contributed by atoms with Crippen LogP contribution in [0.4, 0.5) is 0 Å². The molecular weight excluding hydrogens is 392 g/mol. The summed E-state index contributed by atoms with van der Waals surface area (Å²) in [6.45, 7) is 2.63. The summed E-state index contributed by atoms with van der Waals surface area (Å²) in [4.78, 5) is 0. The second kappa shape index (κ2) is 20.2. The molecule has 5 heteroatoms. The molecule has 31 heavy (non-hydrogen) atoms. The van der Waals surface area contributed by atoms with Crippen LogP contribution in [0.2, 0.25) is 0 Å². The topological polar surface area (TPSA) is 79.2 Å². The van der Waals surface area contributed by atoms with Crippen molar-refractivity contribution in [3.8, 4) is 0 Å². The average molecular weight is 443 g/mol. The SMILES string of the molecule is CCCCCC/C=C/CCCCCCCCCCCCO[C@@H]1[C@@H](O)[C@H](CO)OC[C@H]1O. The standard InChI is InChI=1S/C26H50O5/c1-2-3-4-5-6-7-8-9-10-11-12-13-14-15-16-17-18-19-20-30-26-23(28)22-31-24(21-27)25(26)29/h7-8,23-29H,2-6,9-22H2,1H3/b8-7+/t23-,24+,25+,26+/m1/s1. The summed E-state index contributed by atoms with van der Waals surface area (Å²) in [6, 6.07) is 0. The fraction of sp³-hybridized carbons (Fsp3) is 0.923. The van der Waals surface area contributed by atoms with Crippen molar-refractivity contribution >= 4 is 0 Å². The van der Waals surface area contributed by atoms with Crippen molar-refractivity contribution in [2.75, 3.05) is 19.8 Å². The first-order valence-electron chi connectivity index (χ1n) is 13.1. The average Bonchev–Trinajstić information content (AvgIpc) is 2.77. The maximum atomic E-state index is 10.1. The summed E-state index contributed by atoms with van der Waals surface area (Å²) in [5, 5.41) is 29.2. The van der Waals surface area contributed by atoms with Gasteiger partial charge in [-0.15, -0.1) is 0 Å². The summed E-state index contributed by atoms with van der Waals surface area (Å²) in [5.74, 6) is 0. The van der Waals surface area contributed by atoms with Crippen molar-refractivity contribution < 1.29 is 24.8 Å². The zero-order valence-corrected chi connectivity index (χ0v) is 20.1. The molecule has 0 bridgehead atoms. The first-order valence-corrected chi connectivity index (χ1v) is 13.1. The second-order valence-corrected chi connectivity index (χ2v) is 9.09. The van der Waals surface area contributed by atoms with Gasteiger partial charge in [0.05, 0.1) is 13.2 Å². The van der Waals surface area contributed by atoms with Gasteiger partial charge >= 0.3 is 0 Å². The summed E-state index contributed by atoms with van der Waals surface area (Å²) in [6.07, 6.45) is 22.2. The monoisotopic (exact) mass is 442 g/mol. The van der Waals surface area contributed by atoms with Crippen LogP contribution in [0.25, 0.3) is 0 Å². The van der Waals surface area contributed by atoms with Gasteiger partial charge in [-0.2, -0.15) is 0 Å². The lowest BCUT2D eigenvalue weighted by Crippen LogP contribution is -2.55. The molecule has 0 spiro atoms. The molecule has 0 aromatic rings. The third kappa shape index (κ3) is 14.3. The van der Waals surface area contributed by atoms with E-state index in [9.17, 15) is 15.3 Å². The van der Waals surface area contributed by atoms with E-state index in [4.69, 9.17) is 9.47 Å². The number of ether oxygens (including phenoxy) is 2. The van der Waals surface area contributed by atoms with Crippen molar-refractivity contribution in [3.05, 3.63) is 12.2 Å². The number of unbranched alkanes of at least 4 members (excludes halogenated alkanes) is 14. The third-order valence-electron chi connectivity index (χ3n) is 6.22. The van der Waals surface area contributed by atoms with E-state index in [2.05, 4.69) is 19.1 Å². The Morgan fingerprint density at radius 2 is 1.29 bits per heavy atom. The van der Waals surface area contributed by atoms with Gasteiger partial charge in [-0.25, -0.2) is 0 Å². The normalized spacial score (nSPS) is 24.3. The first-order chi connectivity index (χ1) is 15.2. The van der Waals surface area contributed by atoms with Gasteiger partial charge in [0, 0.05) is 6.61 Å². The smallest absolute Gasteiger partial charge is 0.114 e. The maximum Gasteiger partial charge on any atom is 0.114 e. The van der Waals surface area contributed by atoms with Crippen molar-refractivity contribution in [2.45, 2.75) is 134 Å². The highest BCUT2D eigenvalue weighted by Crippen LogP contribution is 2.19. The van der Waals surface area contributed by atoms with Crippen LogP contribution < -0.4 is 0 Å². The molecular formula is C26H50O5. The molecule has 1 aliphatic heterocycles. The van der Waals surface area contributed by atoms with Crippen molar-refractivity contribution in [1.82, 2.24) is 0 Å². The van der Waals surface area contributed by atoms with Crippen LogP contribution in [-0.4, -0.2) is 59.6 Å². The predicted molar refractivity (Wildman–Crippen MR) is 127 cm³/mol. The van der Waals surface area contributed by atoms with Gasteiger partial charge < -0.3 is 24.8 Å². The molecule has 0 aromatic heterocycles. The molecule has 5 nitrogen and oxygen atoms in total. The number of hydrogen-bond donors (Lipinski definition) is 3. The van der Waals surface area contributed by atoms with Gasteiger partial charge in [0.1, 0.15) is 24.4 Å². The molecule has 0 aliphatic carbocycles. The Labute approximate surface area is 191 Å². The number of rotatable bonds is 20. The Kier molecular flexibility index (Phi) is 18.6. The fourth-order valence-electron chi connectivity index (χ4n) is 4.15. The Hall–Kier alpha value is -0.460. The molecule has 184 valence electrons. The zero-order chi connectivity index (χ0) is 22.6. The molecule has 3 N–H and O–H groups in total. The molecule has 4 atom stereocenters. The Morgan fingerprint density at radius 3 is 1.84 bits per heavy atom. The van der Waals surface area contributed by atoms with E-state index in [1.54, 1.807) is 0 Å². The van der Waals surface area contributed by atoms with Crippen molar-refractivity contribution in [3.63, 3.8) is 0 Å². The molecule has 0 saturated carbocycles. The Balaban J connectivity index is 1.82. The first kappa shape index (κ1) is 28.6. The van der Waals surface area contributed by atoms with E-state index >= 15 is 0 Å². The van der Waals surface area contributed by atoms with Gasteiger partial charge in [-0.05, 0) is 32.1 Å². The molecule has 1 aliphatic rings. The van der Waals surface area contributed by atoms with E-state index in [1.807, 2.05) is 0 Å². The summed E-state index contributed by atoms with van der Waals surface area (Å²) < 4.78 is 10.9. The summed E-state index contributed by atoms with van der Waals surface area (Å²) in [5.41, 5.74) is 0. The quantitative estimate of drug-likeness (QED) is 0.176. The predicted octanol–water partition coefficient (Wildman–Crippen LogP) is 5.30. The van der Waals surface area contributed by atoms with Gasteiger partial charge in [0.2, 0.25) is 0 Å². The number of aliphatic hydroxyl groups excluding tert-OH is 3. The second-order valence-electron chi connectivity index (χ2n) is 9.09. The lowest BCUT2D eigenvalue weighted by molar-refractivity contribution is -0.210. The van der Waals surface area contributed by atoms with Gasteiger partial charge in [0.15, 0.2) is 0 Å². The zero-order valence-electron chi connectivity index (χ0n) is 20.1. The molecule has 1 saturated heterocycles. The third-order valence-corrected chi connectivity index (χ3v) is 6.22. The highest BCUT2D eigenvalue weighted by atomic mass is 16.6. The van der Waals surface area contributed by atoms with E-state index in [-0.39, 0.29) is 13.2 Å². The largest absolute Gasteiger partial charge is 0.394 e. The van der Waals surface area contributed by atoms with Gasteiger partial charge in [0.25, 0.3) is 0 Å². The minimum atomic E-state index is -0.972. The van der Waals surface area contributed by atoms with Crippen LogP contribution in [0.3, 0.4) is 0 Å². The molecule has 1 rings (SSSR count). The Morgan fingerprint density at radius 1 is 0.774 bits per heavy atom. The number of hydrogen-bond acceptors (Lipinski definition) is 5. The molecule has 0 unspecified atom stereocenters. The molecule has 1 fully saturated rings. The van der Waals surface area contributed by atoms with Gasteiger partial charge in [-0.3, -0.25) is 0 Å². The van der Waals surface area contributed by atoms with Crippen LogP contribution in [0.5, 0.6) is 0 Å². The van der Waals surface area contributed by atoms with Crippen LogP contribution in [0.1, 0.15) is 110 Å². The van der Waals surface area contributed by atoms with Crippen LogP contribution in [0.15, 0.2) is 12.2 Å². The number of aliphatic hydroxyl groups is 3. The highest BCUT2D eigenvalue weighted by Gasteiger charge is 2.38. The lowest BCUT2D eigenvalue weighted by Gasteiger charge is -2.37. The highest BCUT2D eigenvalue weighted by molar-refractivity contribution is 4.87. The minimum Gasteiger partial charge on any atom is -0.394 e.